The van der Waals surface area contributed by atoms with E-state index in [0.717, 1.165) is 0 Å². The molecule has 0 radical (unpaired) electrons. The number of hydrogen-bond acceptors (Lipinski definition) is 2. The first-order valence-electron chi connectivity index (χ1n) is 2.68. The topological polar surface area (TPSA) is 35.2 Å². The summed E-state index contributed by atoms with van der Waals surface area (Å²) < 4.78 is 11.5. The van der Waals surface area contributed by atoms with Crippen molar-refractivity contribution < 1.29 is 9.47 Å². The van der Waals surface area contributed by atoms with Gasteiger partial charge in [0.25, 0.3) is 0 Å². The Morgan fingerprint density at radius 3 is 2.25 bits per heavy atom. The Labute approximate surface area is 48.7 Å². The van der Waals surface area contributed by atoms with Gasteiger partial charge < -0.3 is 5.73 Å². The first-order valence-corrected chi connectivity index (χ1v) is 2.68. The van der Waals surface area contributed by atoms with Crippen molar-refractivity contribution in [3.05, 3.63) is 0 Å². The lowest BCUT2D eigenvalue weighted by atomic mass is 10.1. The van der Waals surface area contributed by atoms with Crippen LogP contribution in [0.25, 0.3) is 0 Å². The van der Waals surface area contributed by atoms with Crippen molar-refractivity contribution in [2.75, 3.05) is 6.54 Å². The summed E-state index contributed by atoms with van der Waals surface area (Å²) in [5.41, 5.74) is 4.40. The minimum Gasteiger partial charge on any atom is -0.328 e. The van der Waals surface area contributed by atoms with E-state index in [4.69, 9.17) is 5.73 Å². The summed E-state index contributed by atoms with van der Waals surface area (Å²) in [6, 6.07) is 0. The zero-order chi connectivity index (χ0) is 6.62. The molecule has 0 aromatic carbocycles. The van der Waals surface area contributed by atoms with Crippen molar-refractivity contribution in [1.29, 1.82) is 0 Å². The Balaban J connectivity index is 3.58. The van der Waals surface area contributed by atoms with E-state index in [1.807, 2.05) is 6.92 Å². The predicted octanol–water partition coefficient (Wildman–Crippen LogP) is 1.01. The SMILES string of the molecule is CCC(C)(CN)OF. The van der Waals surface area contributed by atoms with Crippen LogP contribution in [0, 0.1) is 0 Å². The van der Waals surface area contributed by atoms with E-state index in [-0.39, 0.29) is 6.54 Å². The van der Waals surface area contributed by atoms with Crippen molar-refractivity contribution in [3.63, 3.8) is 0 Å². The predicted molar refractivity (Wildman–Crippen MR) is 29.9 cm³/mol. The van der Waals surface area contributed by atoms with Crippen LogP contribution in [0.2, 0.25) is 0 Å². The fourth-order valence-electron chi connectivity index (χ4n) is 0.230. The number of rotatable bonds is 3. The van der Waals surface area contributed by atoms with E-state index in [1.54, 1.807) is 6.92 Å². The zero-order valence-electron chi connectivity index (χ0n) is 5.28. The molecule has 0 amide bonds. The van der Waals surface area contributed by atoms with Crippen LogP contribution in [-0.2, 0) is 4.94 Å². The van der Waals surface area contributed by atoms with Gasteiger partial charge in [0.15, 0.2) is 0 Å². The molecule has 0 aromatic heterocycles. The van der Waals surface area contributed by atoms with Gasteiger partial charge in [0, 0.05) is 6.54 Å². The third-order valence-corrected chi connectivity index (χ3v) is 1.37. The number of hydrogen-bond donors (Lipinski definition) is 1. The van der Waals surface area contributed by atoms with Crippen LogP contribution >= 0.6 is 0 Å². The number of halogens is 1. The molecule has 0 spiro atoms. The van der Waals surface area contributed by atoms with Gasteiger partial charge in [-0.1, -0.05) is 6.92 Å². The normalized spacial score (nSPS) is 18.0. The second-order valence-electron chi connectivity index (χ2n) is 2.08. The van der Waals surface area contributed by atoms with Gasteiger partial charge in [0.1, 0.15) is 5.60 Å². The lowest BCUT2D eigenvalue weighted by Gasteiger charge is -2.19. The molecular formula is C5H12FNO. The first kappa shape index (κ1) is 7.85. The molecule has 0 saturated heterocycles. The molecule has 2 N–H and O–H groups in total. The largest absolute Gasteiger partial charge is 0.328 e. The maximum atomic E-state index is 11.5. The molecule has 0 heterocycles. The van der Waals surface area contributed by atoms with Gasteiger partial charge in [-0.3, -0.25) is 0 Å². The zero-order valence-corrected chi connectivity index (χ0v) is 5.28. The first-order chi connectivity index (χ1) is 3.68. The summed E-state index contributed by atoms with van der Waals surface area (Å²) in [7, 11) is 0. The summed E-state index contributed by atoms with van der Waals surface area (Å²) in [4.78, 5) is 3.61. The van der Waals surface area contributed by atoms with Crippen molar-refractivity contribution in [1.82, 2.24) is 0 Å². The molecule has 8 heavy (non-hydrogen) atoms. The van der Waals surface area contributed by atoms with E-state index in [2.05, 4.69) is 4.94 Å². The quantitative estimate of drug-likeness (QED) is 0.605. The molecule has 0 aliphatic heterocycles. The summed E-state index contributed by atoms with van der Waals surface area (Å²) in [6.45, 7) is 3.68. The van der Waals surface area contributed by atoms with Crippen LogP contribution in [0.4, 0.5) is 4.53 Å². The Hall–Kier alpha value is -0.150. The van der Waals surface area contributed by atoms with Crippen molar-refractivity contribution in [3.8, 4) is 0 Å². The van der Waals surface area contributed by atoms with E-state index in [0.29, 0.717) is 6.42 Å². The summed E-state index contributed by atoms with van der Waals surface area (Å²) in [6.07, 6.45) is 0.597. The maximum absolute atomic E-state index is 11.5. The molecule has 0 fully saturated rings. The number of nitrogens with two attached hydrogens (primary N) is 1. The standard InChI is InChI=1S/C5H12FNO/c1-3-5(2,4-7)8-6/h3-4,7H2,1-2H3. The Bertz CT molecular complexity index is 55.2. The summed E-state index contributed by atoms with van der Waals surface area (Å²) in [5, 5.41) is 0. The third-order valence-electron chi connectivity index (χ3n) is 1.37. The van der Waals surface area contributed by atoms with Gasteiger partial charge in [0.05, 0.1) is 0 Å². The monoisotopic (exact) mass is 121 g/mol. The highest BCUT2D eigenvalue weighted by atomic mass is 19.3. The molecule has 3 heteroatoms. The highest BCUT2D eigenvalue weighted by Gasteiger charge is 2.21. The van der Waals surface area contributed by atoms with E-state index < -0.39 is 5.60 Å². The Kier molecular flexibility index (Phi) is 2.94. The third kappa shape index (κ3) is 1.76. The molecule has 0 aliphatic carbocycles. The van der Waals surface area contributed by atoms with E-state index >= 15 is 0 Å². The lowest BCUT2D eigenvalue weighted by molar-refractivity contribution is -0.226. The Morgan fingerprint density at radius 1 is 1.75 bits per heavy atom. The molecule has 0 bridgehead atoms. The van der Waals surface area contributed by atoms with Crippen molar-refractivity contribution >= 4 is 0 Å². The van der Waals surface area contributed by atoms with Crippen LogP contribution < -0.4 is 5.73 Å². The van der Waals surface area contributed by atoms with Crippen LogP contribution in [0.5, 0.6) is 0 Å². The molecule has 0 rings (SSSR count). The fourth-order valence-corrected chi connectivity index (χ4v) is 0.230. The summed E-state index contributed by atoms with van der Waals surface area (Å²) in [5.74, 6) is 0. The maximum Gasteiger partial charge on any atom is 0.118 e. The highest BCUT2D eigenvalue weighted by Crippen LogP contribution is 2.12. The fraction of sp³-hybridized carbons (Fsp3) is 1.00. The molecular weight excluding hydrogens is 109 g/mol. The lowest BCUT2D eigenvalue weighted by Crippen LogP contribution is -2.34. The van der Waals surface area contributed by atoms with Crippen molar-refractivity contribution in [2.24, 2.45) is 5.73 Å². The second-order valence-corrected chi connectivity index (χ2v) is 2.08. The minimum atomic E-state index is -0.764. The molecule has 0 saturated carbocycles. The Morgan fingerprint density at radius 2 is 2.25 bits per heavy atom. The van der Waals surface area contributed by atoms with Gasteiger partial charge in [-0.2, -0.15) is 4.94 Å². The van der Waals surface area contributed by atoms with Gasteiger partial charge in [-0.25, -0.2) is 0 Å². The smallest absolute Gasteiger partial charge is 0.118 e. The second kappa shape index (κ2) is 2.99. The molecule has 50 valence electrons. The summed E-state index contributed by atoms with van der Waals surface area (Å²) >= 11 is 0. The van der Waals surface area contributed by atoms with E-state index in [1.165, 1.54) is 0 Å². The van der Waals surface area contributed by atoms with Gasteiger partial charge in [-0.15, -0.1) is 0 Å². The van der Waals surface area contributed by atoms with Crippen LogP contribution in [0.1, 0.15) is 20.3 Å². The molecule has 1 atom stereocenters. The van der Waals surface area contributed by atoms with Crippen LogP contribution in [-0.4, -0.2) is 12.1 Å². The van der Waals surface area contributed by atoms with Gasteiger partial charge >= 0.3 is 0 Å². The average Bonchev–Trinajstić information content (AvgIpc) is 1.87. The molecule has 1 unspecified atom stereocenters. The van der Waals surface area contributed by atoms with Gasteiger partial charge in [-0.05, 0) is 17.9 Å². The highest BCUT2D eigenvalue weighted by molar-refractivity contribution is 4.71. The molecule has 0 aromatic rings. The van der Waals surface area contributed by atoms with Crippen LogP contribution in [0.15, 0.2) is 0 Å². The average molecular weight is 121 g/mol. The van der Waals surface area contributed by atoms with Crippen LogP contribution in [0.3, 0.4) is 0 Å². The van der Waals surface area contributed by atoms with E-state index in [9.17, 15) is 4.53 Å². The van der Waals surface area contributed by atoms with Gasteiger partial charge in [0.2, 0.25) is 0 Å². The molecule has 2 nitrogen and oxygen atoms in total. The minimum absolute atomic E-state index is 0.222. The molecule has 0 aliphatic rings. The van der Waals surface area contributed by atoms with Crippen molar-refractivity contribution in [2.45, 2.75) is 25.9 Å².